The third-order valence-corrected chi connectivity index (χ3v) is 5.16. The van der Waals surface area contributed by atoms with Crippen molar-refractivity contribution in [1.82, 2.24) is 15.3 Å². The summed E-state index contributed by atoms with van der Waals surface area (Å²) in [6.45, 7) is 4.73. The summed E-state index contributed by atoms with van der Waals surface area (Å²) in [6, 6.07) is 3.91. The van der Waals surface area contributed by atoms with Crippen molar-refractivity contribution in [1.29, 1.82) is 0 Å². The summed E-state index contributed by atoms with van der Waals surface area (Å²) < 4.78 is 0. The number of fused-ring (bicyclic) bond motifs is 1. The van der Waals surface area contributed by atoms with Crippen LogP contribution in [0.25, 0.3) is 10.3 Å². The maximum atomic E-state index is 12.1. The monoisotopic (exact) mass is 318 g/mol. The third kappa shape index (κ3) is 3.38. The van der Waals surface area contributed by atoms with Gasteiger partial charge in [-0.15, -0.1) is 0 Å². The Morgan fingerprint density at radius 1 is 1.45 bits per heavy atom. The van der Waals surface area contributed by atoms with E-state index in [1.54, 1.807) is 17.5 Å². The average Bonchev–Trinajstić information content (AvgIpc) is 2.99. The minimum atomic E-state index is 0.153. The molecular formula is C16H22N4OS. The topological polar surface area (TPSA) is 58.1 Å². The van der Waals surface area contributed by atoms with Crippen LogP contribution in [0.15, 0.2) is 18.3 Å². The van der Waals surface area contributed by atoms with E-state index in [9.17, 15) is 4.79 Å². The second-order valence-electron chi connectivity index (χ2n) is 5.73. The summed E-state index contributed by atoms with van der Waals surface area (Å²) in [6.07, 6.45) is 5.79. The zero-order valence-corrected chi connectivity index (χ0v) is 13.7. The summed E-state index contributed by atoms with van der Waals surface area (Å²) in [5.74, 6) is 0.375. The molecule has 0 saturated carbocycles. The molecule has 3 heterocycles. The number of thiazole rings is 1. The minimum Gasteiger partial charge on any atom is -0.356 e. The molecule has 6 heteroatoms. The number of carbonyl (C=O) groups excluding carboxylic acids is 1. The molecule has 1 saturated heterocycles. The molecule has 1 aliphatic rings. The van der Waals surface area contributed by atoms with Crippen LogP contribution in [0.3, 0.4) is 0 Å². The van der Waals surface area contributed by atoms with E-state index in [4.69, 9.17) is 0 Å². The first kappa shape index (κ1) is 15.2. The second kappa shape index (κ2) is 7.05. The Bertz CT molecular complexity index is 601. The number of piperidine rings is 1. The molecule has 0 spiro atoms. The number of unbranched alkanes of at least 4 members (excludes halogenated alkanes) is 1. The standard InChI is InChI=1S/C16H22N4OS/c1-2-3-8-17-14(21)12-6-10-20(11-7-12)16-19-13-5-4-9-18-15(13)22-16/h4-5,9,12H,2-3,6-8,10-11H2,1H3,(H,17,21). The van der Waals surface area contributed by atoms with Crippen molar-refractivity contribution in [3.05, 3.63) is 18.3 Å². The molecule has 0 aromatic carbocycles. The molecule has 0 bridgehead atoms. The van der Waals surface area contributed by atoms with Crippen molar-refractivity contribution in [3.63, 3.8) is 0 Å². The fourth-order valence-electron chi connectivity index (χ4n) is 2.76. The Hall–Kier alpha value is -1.69. The lowest BCUT2D eigenvalue weighted by atomic mass is 9.96. The molecule has 1 amide bonds. The first-order valence-corrected chi connectivity index (χ1v) is 8.84. The Kier molecular flexibility index (Phi) is 4.87. The molecule has 118 valence electrons. The van der Waals surface area contributed by atoms with Crippen LogP contribution < -0.4 is 10.2 Å². The number of pyridine rings is 1. The highest BCUT2D eigenvalue weighted by atomic mass is 32.1. The smallest absolute Gasteiger partial charge is 0.223 e. The zero-order chi connectivity index (χ0) is 15.4. The highest BCUT2D eigenvalue weighted by Crippen LogP contribution is 2.30. The van der Waals surface area contributed by atoms with E-state index in [0.29, 0.717) is 0 Å². The van der Waals surface area contributed by atoms with Crippen LogP contribution >= 0.6 is 11.3 Å². The lowest BCUT2D eigenvalue weighted by Gasteiger charge is -2.30. The van der Waals surface area contributed by atoms with Gasteiger partial charge < -0.3 is 10.2 Å². The van der Waals surface area contributed by atoms with Gasteiger partial charge in [0.1, 0.15) is 10.3 Å². The normalized spacial score (nSPS) is 16.1. The number of amides is 1. The zero-order valence-electron chi connectivity index (χ0n) is 12.9. The number of anilines is 1. The first-order valence-electron chi connectivity index (χ1n) is 8.02. The SMILES string of the molecule is CCCCNC(=O)C1CCN(c2nc3cccnc3s2)CC1. The summed E-state index contributed by atoms with van der Waals surface area (Å²) in [5.41, 5.74) is 0.960. The molecule has 0 radical (unpaired) electrons. The van der Waals surface area contributed by atoms with Crippen LogP contribution in [0.4, 0.5) is 5.13 Å². The van der Waals surface area contributed by atoms with Crippen molar-refractivity contribution >= 4 is 32.7 Å². The number of hydrogen-bond donors (Lipinski definition) is 1. The molecule has 0 atom stereocenters. The number of aromatic nitrogens is 2. The molecule has 1 aliphatic heterocycles. The summed E-state index contributed by atoms with van der Waals surface area (Å²) in [4.78, 5) is 24.4. The Morgan fingerprint density at radius 2 is 2.27 bits per heavy atom. The maximum absolute atomic E-state index is 12.1. The predicted octanol–water partition coefficient (Wildman–Crippen LogP) is 2.82. The number of hydrogen-bond acceptors (Lipinski definition) is 5. The summed E-state index contributed by atoms with van der Waals surface area (Å²) in [7, 11) is 0. The van der Waals surface area contributed by atoms with E-state index in [1.165, 1.54) is 0 Å². The van der Waals surface area contributed by atoms with Gasteiger partial charge >= 0.3 is 0 Å². The molecule has 1 N–H and O–H groups in total. The van der Waals surface area contributed by atoms with Crippen LogP contribution in [0.1, 0.15) is 32.6 Å². The highest BCUT2D eigenvalue weighted by Gasteiger charge is 2.26. The molecule has 22 heavy (non-hydrogen) atoms. The van der Waals surface area contributed by atoms with Gasteiger partial charge in [0.15, 0.2) is 5.13 Å². The van der Waals surface area contributed by atoms with E-state index >= 15 is 0 Å². The molecule has 0 unspecified atom stereocenters. The van der Waals surface area contributed by atoms with E-state index < -0.39 is 0 Å². The van der Waals surface area contributed by atoms with Gasteiger partial charge in [-0.05, 0) is 31.4 Å². The molecule has 2 aromatic heterocycles. The van der Waals surface area contributed by atoms with Gasteiger partial charge in [-0.1, -0.05) is 24.7 Å². The van der Waals surface area contributed by atoms with Gasteiger partial charge in [-0.2, -0.15) is 0 Å². The van der Waals surface area contributed by atoms with Crippen molar-refractivity contribution in [2.75, 3.05) is 24.5 Å². The van der Waals surface area contributed by atoms with Gasteiger partial charge in [-0.25, -0.2) is 9.97 Å². The van der Waals surface area contributed by atoms with Gasteiger partial charge in [-0.3, -0.25) is 4.79 Å². The van der Waals surface area contributed by atoms with Gasteiger partial charge in [0.2, 0.25) is 5.91 Å². The van der Waals surface area contributed by atoms with Crippen LogP contribution in [0.2, 0.25) is 0 Å². The van der Waals surface area contributed by atoms with Crippen molar-refractivity contribution in [2.24, 2.45) is 5.92 Å². The van der Waals surface area contributed by atoms with E-state index in [2.05, 4.69) is 27.1 Å². The van der Waals surface area contributed by atoms with Gasteiger partial charge in [0.25, 0.3) is 0 Å². The molecule has 2 aromatic rings. The van der Waals surface area contributed by atoms with E-state index in [1.807, 2.05) is 12.1 Å². The van der Waals surface area contributed by atoms with Crippen molar-refractivity contribution in [2.45, 2.75) is 32.6 Å². The average molecular weight is 318 g/mol. The van der Waals surface area contributed by atoms with Crippen LogP contribution in [-0.4, -0.2) is 35.5 Å². The number of nitrogens with one attached hydrogen (secondary N) is 1. The van der Waals surface area contributed by atoms with Crippen LogP contribution in [0.5, 0.6) is 0 Å². The van der Waals surface area contributed by atoms with Crippen molar-refractivity contribution < 1.29 is 4.79 Å². The number of nitrogens with zero attached hydrogens (tertiary/aromatic N) is 3. The lowest BCUT2D eigenvalue weighted by molar-refractivity contribution is -0.125. The molecular weight excluding hydrogens is 296 g/mol. The molecule has 0 aliphatic carbocycles. The Balaban J connectivity index is 1.56. The molecule has 3 rings (SSSR count). The lowest BCUT2D eigenvalue weighted by Crippen LogP contribution is -2.40. The Morgan fingerprint density at radius 3 is 3.00 bits per heavy atom. The second-order valence-corrected chi connectivity index (χ2v) is 6.69. The first-order chi connectivity index (χ1) is 10.8. The molecule has 5 nitrogen and oxygen atoms in total. The predicted molar refractivity (Wildman–Crippen MR) is 90.3 cm³/mol. The fraction of sp³-hybridized carbons (Fsp3) is 0.562. The number of rotatable bonds is 5. The maximum Gasteiger partial charge on any atom is 0.223 e. The summed E-state index contributed by atoms with van der Waals surface area (Å²) in [5, 5.41) is 4.08. The van der Waals surface area contributed by atoms with Crippen LogP contribution in [-0.2, 0) is 4.79 Å². The largest absolute Gasteiger partial charge is 0.356 e. The quantitative estimate of drug-likeness (QED) is 0.861. The minimum absolute atomic E-state index is 0.153. The van der Waals surface area contributed by atoms with Gasteiger partial charge in [0.05, 0.1) is 0 Å². The van der Waals surface area contributed by atoms with Gasteiger partial charge in [0, 0.05) is 31.7 Å². The van der Waals surface area contributed by atoms with E-state index in [0.717, 1.165) is 60.8 Å². The van der Waals surface area contributed by atoms with E-state index in [-0.39, 0.29) is 11.8 Å². The van der Waals surface area contributed by atoms with Crippen molar-refractivity contribution in [3.8, 4) is 0 Å². The highest BCUT2D eigenvalue weighted by molar-refractivity contribution is 7.21. The van der Waals surface area contributed by atoms with Crippen LogP contribution in [0, 0.1) is 5.92 Å². The number of carbonyl (C=O) groups is 1. The summed E-state index contributed by atoms with van der Waals surface area (Å²) >= 11 is 1.63. The third-order valence-electron chi connectivity index (χ3n) is 4.12. The fourth-order valence-corrected chi connectivity index (χ4v) is 3.72. The Labute approximate surface area is 134 Å². The molecule has 1 fully saturated rings.